The fraction of sp³-hybridized carbons (Fsp3) is 0.690. The van der Waals surface area contributed by atoms with Crippen molar-refractivity contribution in [2.75, 3.05) is 0 Å². The Morgan fingerprint density at radius 3 is 2.50 bits per heavy atom. The first-order chi connectivity index (χ1) is 15.2. The summed E-state index contributed by atoms with van der Waals surface area (Å²) in [5.74, 6) is 8.43. The van der Waals surface area contributed by atoms with Gasteiger partial charge in [0.05, 0.1) is 6.10 Å². The molecule has 0 aliphatic heterocycles. The van der Waals surface area contributed by atoms with Crippen LogP contribution >= 0.6 is 0 Å². The van der Waals surface area contributed by atoms with E-state index in [2.05, 4.69) is 25.7 Å². The van der Waals surface area contributed by atoms with Crippen LogP contribution in [0.2, 0.25) is 0 Å². The van der Waals surface area contributed by atoms with Crippen molar-refractivity contribution in [1.29, 1.82) is 0 Å². The largest absolute Gasteiger partial charge is 0.393 e. The van der Waals surface area contributed by atoms with Crippen LogP contribution in [0.25, 0.3) is 0 Å². The molecule has 4 aliphatic rings. The average molecular weight is 435 g/mol. The first kappa shape index (κ1) is 22.2. The van der Waals surface area contributed by atoms with Crippen molar-refractivity contribution >= 4 is 5.78 Å². The molecule has 1 aromatic rings. The Bertz CT molecular complexity index is 944. The van der Waals surface area contributed by atoms with Gasteiger partial charge in [0.2, 0.25) is 0 Å². The number of hydrogen-bond donors (Lipinski definition) is 2. The van der Waals surface area contributed by atoms with E-state index in [1.807, 2.05) is 30.3 Å². The summed E-state index contributed by atoms with van der Waals surface area (Å²) in [6, 6.07) is 9.95. The molecule has 4 fully saturated rings. The summed E-state index contributed by atoms with van der Waals surface area (Å²) in [5, 5.41) is 22.9. The minimum Gasteiger partial charge on any atom is -0.393 e. The fourth-order valence-corrected chi connectivity index (χ4v) is 9.04. The van der Waals surface area contributed by atoms with Gasteiger partial charge in [-0.25, -0.2) is 0 Å². The van der Waals surface area contributed by atoms with Gasteiger partial charge in [-0.05, 0) is 99.0 Å². The van der Waals surface area contributed by atoms with Gasteiger partial charge in [0, 0.05) is 17.4 Å². The van der Waals surface area contributed by atoms with Crippen molar-refractivity contribution in [2.45, 2.75) is 83.8 Å². The Hall–Kier alpha value is -1.63. The summed E-state index contributed by atoms with van der Waals surface area (Å²) in [6.07, 6.45) is 7.22. The zero-order chi connectivity index (χ0) is 22.7. The Kier molecular flexibility index (Phi) is 5.34. The van der Waals surface area contributed by atoms with Crippen LogP contribution in [0.1, 0.15) is 77.7 Å². The predicted molar refractivity (Wildman–Crippen MR) is 126 cm³/mol. The highest BCUT2D eigenvalue weighted by Crippen LogP contribution is 2.69. The molecular weight excluding hydrogens is 396 g/mol. The third-order valence-electron chi connectivity index (χ3n) is 10.3. The zero-order valence-electron chi connectivity index (χ0n) is 19.8. The van der Waals surface area contributed by atoms with E-state index >= 15 is 0 Å². The average Bonchev–Trinajstić information content (AvgIpc) is 3.10. The highest BCUT2D eigenvalue weighted by atomic mass is 16.3. The first-order valence-corrected chi connectivity index (χ1v) is 12.7. The number of carbonyl (C=O) groups excluding carboxylic acids is 1. The smallest absolute Gasteiger partial charge is 0.133 e. The fourth-order valence-electron chi connectivity index (χ4n) is 9.04. The first-order valence-electron chi connectivity index (χ1n) is 12.7. The quantitative estimate of drug-likeness (QED) is 0.613. The summed E-state index contributed by atoms with van der Waals surface area (Å²) >= 11 is 0. The highest BCUT2D eigenvalue weighted by molar-refractivity contribution is 5.79. The number of fused-ring (bicyclic) bond motifs is 5. The van der Waals surface area contributed by atoms with E-state index in [0.29, 0.717) is 24.2 Å². The molecule has 4 saturated carbocycles. The summed E-state index contributed by atoms with van der Waals surface area (Å²) in [4.78, 5) is 12.6. The Labute approximate surface area is 193 Å². The van der Waals surface area contributed by atoms with E-state index in [4.69, 9.17) is 0 Å². The van der Waals surface area contributed by atoms with Gasteiger partial charge in [0.1, 0.15) is 11.4 Å². The number of hydrogen-bond acceptors (Lipinski definition) is 3. The minimum atomic E-state index is -1.11. The van der Waals surface area contributed by atoms with Crippen molar-refractivity contribution < 1.29 is 15.0 Å². The number of rotatable bonds is 1. The third kappa shape index (κ3) is 3.29. The van der Waals surface area contributed by atoms with E-state index in [1.54, 1.807) is 6.92 Å². The molecule has 0 heterocycles. The van der Waals surface area contributed by atoms with E-state index in [-0.39, 0.29) is 34.6 Å². The van der Waals surface area contributed by atoms with Crippen LogP contribution in [0.15, 0.2) is 30.3 Å². The number of aliphatic hydroxyl groups excluding tert-OH is 1. The topological polar surface area (TPSA) is 57.5 Å². The second kappa shape index (κ2) is 7.71. The maximum atomic E-state index is 12.6. The summed E-state index contributed by atoms with van der Waals surface area (Å²) in [6.45, 7) is 6.37. The molecule has 32 heavy (non-hydrogen) atoms. The molecule has 0 unspecified atom stereocenters. The van der Waals surface area contributed by atoms with E-state index in [1.165, 1.54) is 0 Å². The normalized spacial score (nSPS) is 47.4. The lowest BCUT2D eigenvalue weighted by Crippen LogP contribution is -2.64. The molecule has 0 saturated heterocycles. The summed E-state index contributed by atoms with van der Waals surface area (Å²) < 4.78 is 0. The monoisotopic (exact) mass is 434 g/mol. The molecule has 3 nitrogen and oxygen atoms in total. The molecule has 1 aromatic carbocycles. The molecule has 0 spiro atoms. The van der Waals surface area contributed by atoms with E-state index in [0.717, 1.165) is 50.5 Å². The minimum absolute atomic E-state index is 0.0160. The van der Waals surface area contributed by atoms with Gasteiger partial charge in [-0.3, -0.25) is 4.79 Å². The zero-order valence-corrected chi connectivity index (χ0v) is 19.8. The summed E-state index contributed by atoms with van der Waals surface area (Å²) in [5.41, 5.74) is -0.391. The number of Topliss-reactive ketones (excluding diaryl/α,β-unsaturated/α-hetero) is 1. The van der Waals surface area contributed by atoms with Crippen molar-refractivity contribution in [1.82, 2.24) is 0 Å². The van der Waals surface area contributed by atoms with E-state index in [9.17, 15) is 15.0 Å². The lowest BCUT2D eigenvalue weighted by molar-refractivity contribution is -0.203. The van der Waals surface area contributed by atoms with Gasteiger partial charge in [0.15, 0.2) is 0 Å². The standard InChI is InChI=1S/C29H38O3/c1-19(30)24-11-12-25-23-10-9-21-17-22(31)14-15-27(21,2)26(23)29(32,18-28(24,25)3)16-13-20-7-5-4-6-8-20/h4-8,21-26,31-32H,9-12,14-15,17-18H2,1-3H3/t21-,22-,23+,24-,25+,26+,27+,28-,29+/m1/s1. The molecule has 172 valence electrons. The number of aliphatic hydroxyl groups is 2. The van der Waals surface area contributed by atoms with Crippen LogP contribution in [-0.2, 0) is 4.79 Å². The van der Waals surface area contributed by atoms with Crippen molar-refractivity contribution in [3.05, 3.63) is 35.9 Å². The molecule has 4 aliphatic carbocycles. The lowest BCUT2D eigenvalue weighted by Gasteiger charge is -2.64. The molecule has 2 N–H and O–H groups in total. The molecule has 0 radical (unpaired) electrons. The molecule has 9 atom stereocenters. The van der Waals surface area contributed by atoms with Gasteiger partial charge < -0.3 is 10.2 Å². The van der Waals surface area contributed by atoms with Gasteiger partial charge in [0.25, 0.3) is 0 Å². The Balaban J connectivity index is 1.61. The van der Waals surface area contributed by atoms with E-state index < -0.39 is 5.60 Å². The van der Waals surface area contributed by atoms with Crippen molar-refractivity contribution in [2.24, 2.45) is 40.4 Å². The summed E-state index contributed by atoms with van der Waals surface area (Å²) in [7, 11) is 0. The van der Waals surface area contributed by atoms with Crippen LogP contribution in [0, 0.1) is 52.3 Å². The Morgan fingerprint density at radius 1 is 1.03 bits per heavy atom. The predicted octanol–water partition coefficient (Wildman–Crippen LogP) is 4.99. The van der Waals surface area contributed by atoms with Crippen LogP contribution in [-0.4, -0.2) is 27.7 Å². The molecule has 0 amide bonds. The maximum Gasteiger partial charge on any atom is 0.133 e. The lowest BCUT2D eigenvalue weighted by atomic mass is 9.41. The number of benzene rings is 1. The SMILES string of the molecule is CC(=O)[C@H]1CC[C@H]2[C@@H]3CC[C@@H]4C[C@H](O)CC[C@]4(C)[C@H]3[C@](O)(C#Cc3ccccc3)C[C@]12C. The molecule has 5 rings (SSSR count). The Morgan fingerprint density at radius 2 is 1.78 bits per heavy atom. The molecule has 0 bridgehead atoms. The second-order valence-electron chi connectivity index (χ2n) is 11.9. The van der Waals surface area contributed by atoms with Gasteiger partial charge >= 0.3 is 0 Å². The number of ketones is 1. The van der Waals surface area contributed by atoms with Crippen LogP contribution < -0.4 is 0 Å². The number of carbonyl (C=O) groups is 1. The third-order valence-corrected chi connectivity index (χ3v) is 10.3. The highest BCUT2D eigenvalue weighted by Gasteiger charge is 2.67. The van der Waals surface area contributed by atoms with Gasteiger partial charge in [-0.1, -0.05) is 43.9 Å². The molecule has 3 heteroatoms. The van der Waals surface area contributed by atoms with Crippen LogP contribution in [0.4, 0.5) is 0 Å². The molecular formula is C29H38O3. The van der Waals surface area contributed by atoms with Crippen molar-refractivity contribution in [3.63, 3.8) is 0 Å². The molecule has 0 aromatic heterocycles. The van der Waals surface area contributed by atoms with Gasteiger partial charge in [-0.15, -0.1) is 0 Å². The van der Waals surface area contributed by atoms with Crippen molar-refractivity contribution in [3.8, 4) is 11.8 Å². The van der Waals surface area contributed by atoms with Gasteiger partial charge in [-0.2, -0.15) is 0 Å². The van der Waals surface area contributed by atoms with Crippen LogP contribution in [0.5, 0.6) is 0 Å². The second-order valence-corrected chi connectivity index (χ2v) is 11.9. The van der Waals surface area contributed by atoms with Crippen LogP contribution in [0.3, 0.4) is 0 Å². The maximum absolute atomic E-state index is 12.6.